The van der Waals surface area contributed by atoms with Gasteiger partial charge in [0.05, 0.1) is 31.0 Å². The molecule has 1 aliphatic carbocycles. The van der Waals surface area contributed by atoms with Gasteiger partial charge >= 0.3 is 6.18 Å². The Morgan fingerprint density at radius 3 is 2.30 bits per heavy atom. The molecule has 0 unspecified atom stereocenters. The van der Waals surface area contributed by atoms with Crippen LogP contribution >= 0.6 is 0 Å². The van der Waals surface area contributed by atoms with E-state index in [0.29, 0.717) is 28.3 Å². The topological polar surface area (TPSA) is 44.2 Å². The van der Waals surface area contributed by atoms with Gasteiger partial charge in [0.15, 0.2) is 11.5 Å². The minimum Gasteiger partial charge on any atom is -0.493 e. The predicted molar refractivity (Wildman–Crippen MR) is 94.1 cm³/mol. The third kappa shape index (κ3) is 2.87. The maximum absolute atomic E-state index is 13.2. The number of hydrogen-bond acceptors (Lipinski definition) is 4. The quantitative estimate of drug-likeness (QED) is 0.661. The van der Waals surface area contributed by atoms with E-state index >= 15 is 0 Å². The molecule has 0 radical (unpaired) electrons. The molecular weight excluding hydrogens is 357 g/mol. The Kier molecular flexibility index (Phi) is 3.98. The van der Waals surface area contributed by atoms with Crippen LogP contribution in [0.3, 0.4) is 0 Å². The van der Waals surface area contributed by atoms with Crippen LogP contribution in [0.25, 0.3) is 10.9 Å². The van der Waals surface area contributed by atoms with Crippen molar-refractivity contribution in [1.82, 2.24) is 9.97 Å². The van der Waals surface area contributed by atoms with Crippen molar-refractivity contribution in [2.24, 2.45) is 0 Å². The minimum absolute atomic E-state index is 0.529. The molecule has 4 rings (SSSR count). The number of fused-ring (bicyclic) bond motifs is 1. The van der Waals surface area contributed by atoms with Crippen LogP contribution in [0.15, 0.2) is 42.7 Å². The molecule has 1 saturated carbocycles. The number of aromatic nitrogens is 2. The molecule has 2 aromatic carbocycles. The summed E-state index contributed by atoms with van der Waals surface area (Å²) in [5, 5.41) is 0.755. The van der Waals surface area contributed by atoms with Gasteiger partial charge in [0.1, 0.15) is 6.33 Å². The van der Waals surface area contributed by atoms with Gasteiger partial charge in [-0.15, -0.1) is 0 Å². The summed E-state index contributed by atoms with van der Waals surface area (Å²) in [6.45, 7) is 0. The average molecular weight is 374 g/mol. The minimum atomic E-state index is -4.38. The summed E-state index contributed by atoms with van der Waals surface area (Å²) in [5.74, 6) is 1.07. The van der Waals surface area contributed by atoms with Gasteiger partial charge in [0.25, 0.3) is 0 Å². The lowest BCUT2D eigenvalue weighted by molar-refractivity contribution is -0.137. The molecule has 27 heavy (non-hydrogen) atoms. The average Bonchev–Trinajstić information content (AvgIpc) is 3.47. The second-order valence-electron chi connectivity index (χ2n) is 6.61. The van der Waals surface area contributed by atoms with Crippen molar-refractivity contribution in [3.05, 3.63) is 59.5 Å². The van der Waals surface area contributed by atoms with E-state index in [1.54, 1.807) is 18.2 Å². The van der Waals surface area contributed by atoms with Gasteiger partial charge in [-0.1, -0.05) is 18.2 Å². The third-order valence-electron chi connectivity index (χ3n) is 5.09. The van der Waals surface area contributed by atoms with Gasteiger partial charge in [0, 0.05) is 16.9 Å². The number of alkyl halides is 3. The lowest BCUT2D eigenvalue weighted by Gasteiger charge is -2.19. The predicted octanol–water partition coefficient (Wildman–Crippen LogP) is 4.75. The summed E-state index contributed by atoms with van der Waals surface area (Å²) in [5.41, 5.74) is 0.807. The fourth-order valence-corrected chi connectivity index (χ4v) is 3.54. The van der Waals surface area contributed by atoms with Crippen LogP contribution in [0.2, 0.25) is 0 Å². The molecule has 140 valence electrons. The van der Waals surface area contributed by atoms with Crippen molar-refractivity contribution in [2.45, 2.75) is 24.4 Å². The number of hydrogen-bond donors (Lipinski definition) is 0. The van der Waals surface area contributed by atoms with E-state index in [4.69, 9.17) is 9.47 Å². The Morgan fingerprint density at radius 2 is 1.67 bits per heavy atom. The highest BCUT2D eigenvalue weighted by molar-refractivity contribution is 5.86. The van der Waals surface area contributed by atoms with E-state index in [0.717, 1.165) is 24.3 Å². The van der Waals surface area contributed by atoms with Crippen LogP contribution in [0.1, 0.15) is 29.7 Å². The molecule has 0 N–H and O–H groups in total. The Hall–Kier alpha value is -2.83. The Bertz CT molecular complexity index is 1010. The molecule has 0 bridgehead atoms. The van der Waals surface area contributed by atoms with Crippen LogP contribution in [-0.2, 0) is 11.6 Å². The van der Waals surface area contributed by atoms with Crippen LogP contribution in [0.5, 0.6) is 11.5 Å². The van der Waals surface area contributed by atoms with E-state index < -0.39 is 17.2 Å². The van der Waals surface area contributed by atoms with E-state index in [9.17, 15) is 13.2 Å². The Labute approximate surface area is 154 Å². The smallest absolute Gasteiger partial charge is 0.416 e. The fraction of sp³-hybridized carbons (Fsp3) is 0.300. The number of methoxy groups -OCH3 is 2. The molecule has 1 fully saturated rings. The Morgan fingerprint density at radius 1 is 0.963 bits per heavy atom. The number of rotatable bonds is 4. The summed E-state index contributed by atoms with van der Waals surface area (Å²) < 4.78 is 50.2. The van der Waals surface area contributed by atoms with E-state index in [1.807, 2.05) is 0 Å². The lowest BCUT2D eigenvalue weighted by Crippen LogP contribution is -2.14. The van der Waals surface area contributed by atoms with Crippen molar-refractivity contribution in [3.8, 4) is 11.5 Å². The van der Waals surface area contributed by atoms with Crippen molar-refractivity contribution in [1.29, 1.82) is 0 Å². The van der Waals surface area contributed by atoms with Gasteiger partial charge in [-0.25, -0.2) is 9.97 Å². The molecule has 0 spiro atoms. The van der Waals surface area contributed by atoms with E-state index in [-0.39, 0.29) is 0 Å². The summed E-state index contributed by atoms with van der Waals surface area (Å²) in [6.07, 6.45) is -1.47. The number of halogens is 3. The van der Waals surface area contributed by atoms with Gasteiger partial charge < -0.3 is 9.47 Å². The number of nitrogens with zero attached hydrogens (tertiary/aromatic N) is 2. The second kappa shape index (κ2) is 6.11. The molecule has 0 atom stereocenters. The summed E-state index contributed by atoms with van der Waals surface area (Å²) in [4.78, 5) is 8.74. The first-order valence-electron chi connectivity index (χ1n) is 8.44. The van der Waals surface area contributed by atoms with Crippen LogP contribution in [0, 0.1) is 0 Å². The summed E-state index contributed by atoms with van der Waals surface area (Å²) in [7, 11) is 3.07. The lowest BCUT2D eigenvalue weighted by atomic mass is 9.88. The highest BCUT2D eigenvalue weighted by Gasteiger charge is 2.49. The molecule has 3 aromatic rings. The zero-order valence-corrected chi connectivity index (χ0v) is 14.8. The van der Waals surface area contributed by atoms with Crippen LogP contribution in [-0.4, -0.2) is 24.2 Å². The first-order valence-corrected chi connectivity index (χ1v) is 8.44. The van der Waals surface area contributed by atoms with Gasteiger partial charge in [-0.3, -0.25) is 0 Å². The maximum Gasteiger partial charge on any atom is 0.416 e. The molecule has 1 heterocycles. The molecule has 1 aromatic heterocycles. The fourth-order valence-electron chi connectivity index (χ4n) is 3.54. The van der Waals surface area contributed by atoms with Crippen molar-refractivity contribution >= 4 is 10.9 Å². The summed E-state index contributed by atoms with van der Waals surface area (Å²) in [6, 6.07) is 9.04. The number of ether oxygens (including phenoxy) is 2. The third-order valence-corrected chi connectivity index (χ3v) is 5.09. The monoisotopic (exact) mass is 374 g/mol. The molecule has 1 aliphatic rings. The highest BCUT2D eigenvalue weighted by Crippen LogP contribution is 2.55. The van der Waals surface area contributed by atoms with E-state index in [1.165, 1.54) is 32.7 Å². The zero-order valence-electron chi connectivity index (χ0n) is 14.8. The van der Waals surface area contributed by atoms with Gasteiger partial charge in [0.2, 0.25) is 0 Å². The molecular formula is C20H17F3N2O2. The maximum atomic E-state index is 13.2. The van der Waals surface area contributed by atoms with Crippen molar-refractivity contribution < 1.29 is 22.6 Å². The number of benzene rings is 2. The van der Waals surface area contributed by atoms with Crippen LogP contribution in [0.4, 0.5) is 13.2 Å². The first-order chi connectivity index (χ1) is 12.9. The molecule has 0 saturated heterocycles. The van der Waals surface area contributed by atoms with Gasteiger partial charge in [-0.2, -0.15) is 13.2 Å². The first kappa shape index (κ1) is 17.6. The highest BCUT2D eigenvalue weighted by atomic mass is 19.4. The Balaban J connectivity index is 1.89. The second-order valence-corrected chi connectivity index (χ2v) is 6.61. The molecule has 7 heteroatoms. The van der Waals surface area contributed by atoms with Crippen LogP contribution < -0.4 is 9.47 Å². The molecule has 4 nitrogen and oxygen atoms in total. The SMILES string of the molecule is COc1cc2ncnc(C3(c4cccc(C(F)(F)F)c4)CC3)c2cc1OC. The molecule has 0 aliphatic heterocycles. The largest absolute Gasteiger partial charge is 0.493 e. The van der Waals surface area contributed by atoms with Crippen molar-refractivity contribution in [2.75, 3.05) is 14.2 Å². The normalized spacial score (nSPS) is 15.6. The van der Waals surface area contributed by atoms with E-state index in [2.05, 4.69) is 9.97 Å². The summed E-state index contributed by atoms with van der Waals surface area (Å²) >= 11 is 0. The molecule has 0 amide bonds. The van der Waals surface area contributed by atoms with Crippen molar-refractivity contribution in [3.63, 3.8) is 0 Å². The zero-order chi connectivity index (χ0) is 19.2. The van der Waals surface area contributed by atoms with Gasteiger partial charge in [-0.05, 0) is 30.5 Å². The standard InChI is InChI=1S/C20H17F3N2O2/c1-26-16-9-14-15(10-17(16)27-2)24-11-25-18(14)19(6-7-19)12-4-3-5-13(8-12)20(21,22)23/h3-5,8-11H,6-7H2,1-2H3.